The molecule has 3 aliphatic heterocycles. The van der Waals surface area contributed by atoms with Gasteiger partial charge in [0.25, 0.3) is 0 Å². The van der Waals surface area contributed by atoms with E-state index in [1.165, 1.54) is 5.56 Å². The number of nitrogens with one attached hydrogen (secondary N) is 1. The lowest BCUT2D eigenvalue weighted by atomic mass is 9.60. The van der Waals surface area contributed by atoms with Gasteiger partial charge < -0.3 is 15.1 Å². The van der Waals surface area contributed by atoms with Crippen LogP contribution in [-0.4, -0.2) is 70.1 Å². The maximum Gasteiger partial charge on any atom is 0.419 e. The van der Waals surface area contributed by atoms with E-state index in [4.69, 9.17) is 0 Å². The molecular weight excluding hydrogens is 445 g/mol. The van der Waals surface area contributed by atoms with Gasteiger partial charge in [-0.2, -0.15) is 13.2 Å². The lowest BCUT2D eigenvalue weighted by Crippen LogP contribution is -2.67. The highest BCUT2D eigenvalue weighted by Crippen LogP contribution is 2.49. The van der Waals surface area contributed by atoms with E-state index < -0.39 is 11.7 Å². The predicted octanol–water partition coefficient (Wildman–Crippen LogP) is 3.13. The highest BCUT2D eigenvalue weighted by Gasteiger charge is 2.53. The number of nitrogens with zero attached hydrogens (tertiary/aromatic N) is 5. The number of rotatable bonds is 4. The molecule has 10 heteroatoms. The summed E-state index contributed by atoms with van der Waals surface area (Å²) in [4.78, 5) is 27.0. The molecule has 2 aromatic rings. The summed E-state index contributed by atoms with van der Waals surface area (Å²) < 4.78 is 38.3. The number of anilines is 1. The van der Waals surface area contributed by atoms with Crippen LogP contribution >= 0.6 is 0 Å². The standard InChI is InChI=1S/C24H27F3N6O/c25-24(26,27)17-9-28-21(29-10-17)32-12-20-6-19(32)13-33(20)22(34)30-18-7-23(8-18)14-31(15-23)11-16-4-2-1-3-5-16/h1-5,9-10,18-20H,6-8,11-15H2,(H,30,34)/t19-,20-/m1/s1. The van der Waals surface area contributed by atoms with Crippen LogP contribution in [0.2, 0.25) is 0 Å². The molecule has 1 N–H and O–H groups in total. The number of aromatic nitrogens is 2. The fourth-order valence-corrected chi connectivity index (χ4v) is 6.24. The van der Waals surface area contributed by atoms with Crippen molar-refractivity contribution in [2.45, 2.75) is 50.1 Å². The first-order chi connectivity index (χ1) is 16.3. The number of halogens is 3. The normalized spacial score (nSPS) is 26.0. The van der Waals surface area contributed by atoms with E-state index in [1.54, 1.807) is 0 Å². The molecule has 4 fully saturated rings. The molecule has 3 saturated heterocycles. The van der Waals surface area contributed by atoms with E-state index in [0.29, 0.717) is 24.5 Å². The fourth-order valence-electron chi connectivity index (χ4n) is 6.24. The zero-order valence-corrected chi connectivity index (χ0v) is 18.7. The van der Waals surface area contributed by atoms with Crippen LogP contribution in [0.5, 0.6) is 0 Å². The molecule has 7 nitrogen and oxygen atoms in total. The van der Waals surface area contributed by atoms with E-state index >= 15 is 0 Å². The maximum absolute atomic E-state index is 12.9. The first kappa shape index (κ1) is 21.6. The predicted molar refractivity (Wildman–Crippen MR) is 119 cm³/mol. The van der Waals surface area contributed by atoms with Crippen molar-refractivity contribution in [2.24, 2.45) is 5.41 Å². The highest BCUT2D eigenvalue weighted by molar-refractivity contribution is 5.76. The van der Waals surface area contributed by atoms with Gasteiger partial charge >= 0.3 is 12.2 Å². The van der Waals surface area contributed by atoms with Crippen LogP contribution in [0.1, 0.15) is 30.4 Å². The molecule has 1 aliphatic carbocycles. The largest absolute Gasteiger partial charge is 0.419 e. The number of urea groups is 1. The van der Waals surface area contributed by atoms with Crippen molar-refractivity contribution in [1.82, 2.24) is 25.1 Å². The van der Waals surface area contributed by atoms with Gasteiger partial charge in [0.1, 0.15) is 0 Å². The van der Waals surface area contributed by atoms with Crippen molar-refractivity contribution in [3.05, 3.63) is 53.9 Å². The molecule has 1 saturated carbocycles. The van der Waals surface area contributed by atoms with Crippen molar-refractivity contribution >= 4 is 12.0 Å². The minimum absolute atomic E-state index is 0.0270. The molecule has 2 amide bonds. The van der Waals surface area contributed by atoms with Crippen molar-refractivity contribution in [2.75, 3.05) is 31.1 Å². The number of alkyl halides is 3. The van der Waals surface area contributed by atoms with Crippen LogP contribution in [0.4, 0.5) is 23.9 Å². The third-order valence-electron chi connectivity index (χ3n) is 7.78. The smallest absolute Gasteiger partial charge is 0.335 e. The van der Waals surface area contributed by atoms with Crippen LogP contribution in [0.15, 0.2) is 42.7 Å². The second kappa shape index (κ2) is 7.83. The third-order valence-corrected chi connectivity index (χ3v) is 7.78. The van der Waals surface area contributed by atoms with Gasteiger partial charge in [0, 0.05) is 51.2 Å². The molecule has 6 rings (SSSR count). The number of carbonyl (C=O) groups excluding carboxylic acids is 1. The van der Waals surface area contributed by atoms with Gasteiger partial charge in [-0.15, -0.1) is 0 Å². The summed E-state index contributed by atoms with van der Waals surface area (Å²) in [5.74, 6) is 0.298. The number of benzene rings is 1. The Kier molecular flexibility index (Phi) is 4.98. The van der Waals surface area contributed by atoms with Crippen LogP contribution in [0.3, 0.4) is 0 Å². The topological polar surface area (TPSA) is 64.6 Å². The molecular formula is C24H27F3N6O. The highest BCUT2D eigenvalue weighted by atomic mass is 19.4. The monoisotopic (exact) mass is 472 g/mol. The Morgan fingerprint density at radius 1 is 1.06 bits per heavy atom. The Morgan fingerprint density at radius 3 is 2.38 bits per heavy atom. The summed E-state index contributed by atoms with van der Waals surface area (Å²) in [6.07, 6.45) is 0.0480. The van der Waals surface area contributed by atoms with Gasteiger partial charge in [0.05, 0.1) is 17.6 Å². The second-order valence-electron chi connectivity index (χ2n) is 10.3. The van der Waals surface area contributed by atoms with Crippen LogP contribution in [0.25, 0.3) is 0 Å². The van der Waals surface area contributed by atoms with Gasteiger partial charge in [-0.1, -0.05) is 30.3 Å². The van der Waals surface area contributed by atoms with Gasteiger partial charge in [-0.05, 0) is 30.2 Å². The van der Waals surface area contributed by atoms with Crippen LogP contribution in [-0.2, 0) is 12.7 Å². The third kappa shape index (κ3) is 3.87. The second-order valence-corrected chi connectivity index (χ2v) is 10.3. The lowest BCUT2D eigenvalue weighted by Gasteiger charge is -2.59. The number of hydrogen-bond acceptors (Lipinski definition) is 5. The number of fused-ring (bicyclic) bond motifs is 2. The number of hydrogen-bond donors (Lipinski definition) is 1. The Balaban J connectivity index is 0.963. The molecule has 4 heterocycles. The van der Waals surface area contributed by atoms with Gasteiger partial charge in [0.15, 0.2) is 0 Å². The average Bonchev–Trinajstić information content (AvgIpc) is 3.37. The molecule has 2 bridgehead atoms. The van der Waals surface area contributed by atoms with Crippen LogP contribution < -0.4 is 10.2 Å². The zero-order valence-electron chi connectivity index (χ0n) is 18.7. The summed E-state index contributed by atoms with van der Waals surface area (Å²) in [5, 5.41) is 3.20. The minimum Gasteiger partial charge on any atom is -0.335 e. The van der Waals surface area contributed by atoms with E-state index in [2.05, 4.69) is 44.5 Å². The molecule has 180 valence electrons. The average molecular weight is 473 g/mol. The molecule has 4 aliphatic rings. The summed E-state index contributed by atoms with van der Waals surface area (Å²) in [6.45, 7) is 4.25. The Morgan fingerprint density at radius 2 is 1.76 bits per heavy atom. The quantitative estimate of drug-likeness (QED) is 0.741. The summed E-state index contributed by atoms with van der Waals surface area (Å²) >= 11 is 0. The summed E-state index contributed by atoms with van der Waals surface area (Å²) in [6, 6.07) is 10.8. The van der Waals surface area contributed by atoms with Gasteiger partial charge in [0.2, 0.25) is 5.95 Å². The maximum atomic E-state index is 12.9. The van der Waals surface area contributed by atoms with E-state index in [-0.39, 0.29) is 24.2 Å². The van der Waals surface area contributed by atoms with Crippen molar-refractivity contribution in [3.63, 3.8) is 0 Å². The van der Waals surface area contributed by atoms with Crippen molar-refractivity contribution in [3.8, 4) is 0 Å². The fraction of sp³-hybridized carbons (Fsp3) is 0.542. The molecule has 1 aromatic carbocycles. The zero-order chi connectivity index (χ0) is 23.5. The number of amides is 2. The van der Waals surface area contributed by atoms with Gasteiger partial charge in [-0.3, -0.25) is 4.90 Å². The SMILES string of the molecule is O=C(NC1CC2(C1)CN(Cc1ccccc1)C2)N1C[C@H]2C[C@@H]1CN2c1ncc(C(F)(F)F)cn1. The van der Waals surface area contributed by atoms with Gasteiger partial charge in [-0.25, -0.2) is 14.8 Å². The van der Waals surface area contributed by atoms with Crippen molar-refractivity contribution in [1.29, 1.82) is 0 Å². The van der Waals surface area contributed by atoms with E-state index in [1.807, 2.05) is 15.9 Å². The number of piperazine rings is 1. The van der Waals surface area contributed by atoms with Crippen molar-refractivity contribution < 1.29 is 18.0 Å². The first-order valence-corrected chi connectivity index (χ1v) is 11.8. The molecule has 1 aromatic heterocycles. The summed E-state index contributed by atoms with van der Waals surface area (Å²) in [5.41, 5.74) is 0.837. The first-order valence-electron chi connectivity index (χ1n) is 11.8. The van der Waals surface area contributed by atoms with E-state index in [0.717, 1.165) is 51.3 Å². The van der Waals surface area contributed by atoms with Crippen LogP contribution in [0, 0.1) is 5.41 Å². The minimum atomic E-state index is -4.45. The summed E-state index contributed by atoms with van der Waals surface area (Å²) in [7, 11) is 0. The molecule has 34 heavy (non-hydrogen) atoms. The van der Waals surface area contributed by atoms with E-state index in [9.17, 15) is 18.0 Å². The Hall–Kier alpha value is -2.88. The molecule has 0 radical (unpaired) electrons. The Bertz CT molecular complexity index is 1050. The molecule has 0 unspecified atom stereocenters. The Labute approximate surface area is 196 Å². The number of carbonyl (C=O) groups is 1. The lowest BCUT2D eigenvalue weighted by molar-refractivity contribution is -0.138. The molecule has 2 atom stereocenters. The number of likely N-dealkylation sites (tertiary alicyclic amines) is 2. The molecule has 1 spiro atoms.